The fourth-order valence-electron chi connectivity index (χ4n) is 0.612. The predicted octanol–water partition coefficient (Wildman–Crippen LogP) is -1.46. The summed E-state index contributed by atoms with van der Waals surface area (Å²) in [5.41, 5.74) is -1.31. The Morgan fingerprint density at radius 1 is 1.19 bits per heavy atom. The number of esters is 1. The smallest absolute Gasteiger partial charge is 0.344 e. The third kappa shape index (κ3) is 4.01. The van der Waals surface area contributed by atoms with Crippen molar-refractivity contribution in [2.45, 2.75) is 25.2 Å². The Kier molecular flexibility index (Phi) is 5.73. The number of aliphatic hydroxyl groups is 2. The van der Waals surface area contributed by atoms with E-state index in [4.69, 9.17) is 15.3 Å². The van der Waals surface area contributed by atoms with E-state index in [-0.39, 0.29) is 0 Å². The van der Waals surface area contributed by atoms with Crippen LogP contribution in [0, 0.1) is 0 Å². The lowest BCUT2D eigenvalue weighted by Crippen LogP contribution is -2.41. The molecule has 0 aromatic carbocycles. The number of hydrogen-bond acceptors (Lipinski definition) is 7. The molecule has 0 unspecified atom stereocenters. The molecule has 0 fully saturated rings. The van der Waals surface area contributed by atoms with Crippen LogP contribution in [0.25, 0.3) is 0 Å². The van der Waals surface area contributed by atoms with Gasteiger partial charge < -0.3 is 20.1 Å². The van der Waals surface area contributed by atoms with E-state index in [0.717, 1.165) is 6.92 Å². The maximum absolute atomic E-state index is 11.0. The molecule has 0 rings (SSSR count). The highest BCUT2D eigenvalue weighted by Gasteiger charge is 2.33. The van der Waals surface area contributed by atoms with Crippen LogP contribution in [0.3, 0.4) is 0 Å². The fourth-order valence-corrected chi connectivity index (χ4v) is 0.862. The van der Waals surface area contributed by atoms with Crippen LogP contribution >= 0.6 is 8.46 Å². The van der Waals surface area contributed by atoms with Gasteiger partial charge in [0.15, 0.2) is 18.3 Å². The Bertz CT molecular complexity index is 314. The van der Waals surface area contributed by atoms with Gasteiger partial charge in [-0.05, 0) is 6.92 Å². The second kappa shape index (κ2) is 6.26. The van der Waals surface area contributed by atoms with Gasteiger partial charge in [0.2, 0.25) is 8.46 Å². The number of carbonyl (C=O) groups excluding carboxylic acids is 2. The molecule has 0 saturated carbocycles. The number of aliphatic carboxylic acids is 1. The molecule has 0 amide bonds. The van der Waals surface area contributed by atoms with E-state index in [1.807, 2.05) is 0 Å². The van der Waals surface area contributed by atoms with E-state index in [0.29, 0.717) is 0 Å². The average Bonchev–Trinajstić information content (AvgIpc) is 2.25. The molecule has 0 heterocycles. The minimum absolute atomic E-state index is 1.02. The minimum atomic E-state index is -2.27. The number of ether oxygens (including phenoxy) is 1. The zero-order chi connectivity index (χ0) is 12.9. The first kappa shape index (κ1) is 14.6. The summed E-state index contributed by atoms with van der Waals surface area (Å²) in [5.74, 6) is -2.94. The molecule has 0 aliphatic carbocycles. The lowest BCUT2D eigenvalue weighted by Gasteiger charge is -2.15. The zero-order valence-corrected chi connectivity index (χ0v) is 8.96. The van der Waals surface area contributed by atoms with Crippen molar-refractivity contribution >= 4 is 25.9 Å². The first-order valence-electron chi connectivity index (χ1n) is 3.98. The monoisotopic (exact) mass is 252 g/mol. The second-order valence-corrected chi connectivity index (χ2v) is 3.36. The Hall–Kier alpha value is -1.37. The number of aliphatic hydroxyl groups excluding tert-OH is 2. The summed E-state index contributed by atoms with van der Waals surface area (Å²) in [6.07, 6.45) is -6.02. The number of hydrogen-bond donors (Lipinski definition) is 3. The largest absolute Gasteiger partial charge is 0.479 e. The van der Waals surface area contributed by atoms with Crippen molar-refractivity contribution in [2.24, 2.45) is 0 Å². The topological polar surface area (TPSA) is 138 Å². The molecule has 8 nitrogen and oxygen atoms in total. The van der Waals surface area contributed by atoms with E-state index < -0.39 is 44.2 Å². The van der Waals surface area contributed by atoms with Gasteiger partial charge in [-0.1, -0.05) is 0 Å². The Morgan fingerprint density at radius 2 is 1.69 bits per heavy atom. The van der Waals surface area contributed by atoms with Gasteiger partial charge in [0.1, 0.15) is 0 Å². The normalized spacial score (nSPS) is 16.2. The highest BCUT2D eigenvalue weighted by atomic mass is 31.1. The van der Waals surface area contributed by atoms with Crippen LogP contribution in [0.4, 0.5) is 0 Å². The first-order chi connectivity index (χ1) is 7.31. The van der Waals surface area contributed by atoms with Crippen LogP contribution in [0.2, 0.25) is 0 Å². The number of rotatable bonds is 6. The van der Waals surface area contributed by atoms with Crippen molar-refractivity contribution in [3.63, 3.8) is 0 Å². The maximum atomic E-state index is 11.0. The Morgan fingerprint density at radius 3 is 2.06 bits per heavy atom. The van der Waals surface area contributed by atoms with Crippen LogP contribution < -0.4 is 0 Å². The number of carboxylic acid groups (broad SMARTS) is 1. The molecule has 9 heteroatoms. The summed E-state index contributed by atoms with van der Waals surface area (Å²) in [4.78, 5) is 31.9. The molecule has 0 saturated heterocycles. The predicted molar refractivity (Wildman–Crippen MR) is 47.8 cm³/mol. The quantitative estimate of drug-likeness (QED) is 0.385. The summed E-state index contributed by atoms with van der Waals surface area (Å²) in [5, 5.41) is 26.4. The van der Waals surface area contributed by atoms with Gasteiger partial charge in [-0.3, -0.25) is 9.36 Å². The molecule has 0 spiro atoms. The van der Waals surface area contributed by atoms with Gasteiger partial charge in [0.25, 0.3) is 5.52 Å². The third-order valence-corrected chi connectivity index (χ3v) is 1.97. The molecule has 0 aromatic heterocycles. The first-order valence-corrected chi connectivity index (χ1v) is 4.79. The summed E-state index contributed by atoms with van der Waals surface area (Å²) in [6.45, 7) is 1.02. The van der Waals surface area contributed by atoms with Crippen molar-refractivity contribution in [3.8, 4) is 0 Å². The summed E-state index contributed by atoms with van der Waals surface area (Å²) in [6, 6.07) is 0. The van der Waals surface area contributed by atoms with Crippen LogP contribution in [0.1, 0.15) is 6.92 Å². The standard InChI is InChI=1S/C7H9O8P/c1-2(5(10)11)15-6(12)3(8)4(9)7(13)16-14/h2-4,8-9H,1H3,(H,10,11)/t2-,3-,4-/m0/s1. The molecule has 0 aliphatic heterocycles. The van der Waals surface area contributed by atoms with Crippen molar-refractivity contribution in [3.05, 3.63) is 0 Å². The van der Waals surface area contributed by atoms with Crippen LogP contribution in [-0.4, -0.2) is 51.1 Å². The van der Waals surface area contributed by atoms with E-state index in [9.17, 15) is 18.9 Å². The van der Waals surface area contributed by atoms with Gasteiger partial charge >= 0.3 is 11.9 Å². The maximum Gasteiger partial charge on any atom is 0.344 e. The lowest BCUT2D eigenvalue weighted by atomic mass is 10.2. The number of carbonyl (C=O) groups is 3. The van der Waals surface area contributed by atoms with Crippen LogP contribution in [-0.2, 0) is 23.7 Å². The van der Waals surface area contributed by atoms with Gasteiger partial charge in [-0.2, -0.15) is 0 Å². The Labute approximate surface area is 91.0 Å². The average molecular weight is 252 g/mol. The summed E-state index contributed by atoms with van der Waals surface area (Å²) in [7, 11) is -1.08. The lowest BCUT2D eigenvalue weighted by molar-refractivity contribution is -0.173. The van der Waals surface area contributed by atoms with E-state index in [1.54, 1.807) is 0 Å². The van der Waals surface area contributed by atoms with Crippen LogP contribution in [0.5, 0.6) is 0 Å². The fraction of sp³-hybridized carbons (Fsp3) is 0.571. The van der Waals surface area contributed by atoms with Crippen molar-refractivity contribution < 1.29 is 39.0 Å². The number of carboxylic acids is 1. The molecule has 0 bridgehead atoms. The van der Waals surface area contributed by atoms with E-state index in [1.165, 1.54) is 0 Å². The molecule has 3 atom stereocenters. The molecule has 90 valence electrons. The molecule has 16 heavy (non-hydrogen) atoms. The van der Waals surface area contributed by atoms with Gasteiger partial charge in [0.05, 0.1) is 0 Å². The molecular weight excluding hydrogens is 243 g/mol. The van der Waals surface area contributed by atoms with Gasteiger partial charge in [0, 0.05) is 0 Å². The zero-order valence-electron chi connectivity index (χ0n) is 8.06. The van der Waals surface area contributed by atoms with E-state index >= 15 is 0 Å². The third-order valence-electron chi connectivity index (χ3n) is 1.52. The molecular formula is C7H9O8P. The van der Waals surface area contributed by atoms with Crippen molar-refractivity contribution in [1.82, 2.24) is 0 Å². The van der Waals surface area contributed by atoms with E-state index in [2.05, 4.69) is 4.74 Å². The highest BCUT2D eigenvalue weighted by molar-refractivity contribution is 7.46. The van der Waals surface area contributed by atoms with Crippen molar-refractivity contribution in [1.29, 1.82) is 0 Å². The van der Waals surface area contributed by atoms with Gasteiger partial charge in [-0.25, -0.2) is 9.59 Å². The van der Waals surface area contributed by atoms with Gasteiger partial charge in [-0.15, -0.1) is 0 Å². The van der Waals surface area contributed by atoms with Crippen LogP contribution in [0.15, 0.2) is 0 Å². The summed E-state index contributed by atoms with van der Waals surface area (Å²) < 4.78 is 14.2. The molecule has 0 aliphatic rings. The molecule has 0 radical (unpaired) electrons. The minimum Gasteiger partial charge on any atom is -0.479 e. The highest BCUT2D eigenvalue weighted by Crippen LogP contribution is 2.07. The SMILES string of the molecule is C[C@H](OC(=O)[C@@H](O)[C@H](O)C(=O)P=O)C(=O)O. The molecule has 3 N–H and O–H groups in total. The summed E-state index contributed by atoms with van der Waals surface area (Å²) >= 11 is 0. The second-order valence-electron chi connectivity index (χ2n) is 2.74. The Balaban J connectivity index is 4.44. The molecule has 0 aromatic rings. The van der Waals surface area contributed by atoms with Crippen molar-refractivity contribution in [2.75, 3.05) is 0 Å².